The number of benzene rings is 2. The fourth-order valence-electron chi connectivity index (χ4n) is 3.19. The van der Waals surface area contributed by atoms with Gasteiger partial charge < -0.3 is 10.6 Å². The monoisotopic (exact) mass is 441 g/mol. The van der Waals surface area contributed by atoms with E-state index < -0.39 is 11.6 Å². The van der Waals surface area contributed by atoms with Gasteiger partial charge in [0.1, 0.15) is 22.5 Å². The van der Waals surface area contributed by atoms with Crippen molar-refractivity contribution in [2.45, 2.75) is 6.54 Å². The van der Waals surface area contributed by atoms with Crippen molar-refractivity contribution in [3.8, 4) is 28.2 Å². The molecule has 2 heterocycles. The molecule has 158 valence electrons. The standard InChI is InChI=1S/C21H18ClF2N7/c1-30(2)11-12-3-5-13(6-4-12)14-7-16(20(25)26-10-14)21-27-28-29-31(21)18-9-15(23)8-17(24)19(18)22/h3-10H,11H2,1-2H3,(H2,25,26). The molecule has 0 aliphatic carbocycles. The molecule has 0 spiro atoms. The lowest BCUT2D eigenvalue weighted by atomic mass is 10.0. The number of nitrogens with zero attached hydrogens (tertiary/aromatic N) is 6. The van der Waals surface area contributed by atoms with Gasteiger partial charge in [0.05, 0.1) is 11.3 Å². The average Bonchev–Trinajstić information content (AvgIpc) is 3.20. The van der Waals surface area contributed by atoms with Gasteiger partial charge in [-0.1, -0.05) is 35.9 Å². The lowest BCUT2D eigenvalue weighted by Gasteiger charge is -2.12. The van der Waals surface area contributed by atoms with Crippen LogP contribution in [0.15, 0.2) is 48.7 Å². The molecule has 4 aromatic rings. The van der Waals surface area contributed by atoms with Crippen LogP contribution >= 0.6 is 11.6 Å². The Morgan fingerprint density at radius 1 is 1.06 bits per heavy atom. The van der Waals surface area contributed by atoms with Crippen LogP contribution in [0.4, 0.5) is 14.6 Å². The lowest BCUT2D eigenvalue weighted by molar-refractivity contribution is 0.402. The molecule has 2 aromatic carbocycles. The van der Waals surface area contributed by atoms with E-state index in [-0.39, 0.29) is 22.4 Å². The van der Waals surface area contributed by atoms with Crippen LogP contribution in [0.5, 0.6) is 0 Å². The van der Waals surface area contributed by atoms with Crippen LogP contribution in [-0.2, 0) is 6.54 Å². The molecule has 31 heavy (non-hydrogen) atoms. The van der Waals surface area contributed by atoms with E-state index in [2.05, 4.69) is 25.4 Å². The molecule has 0 bridgehead atoms. The van der Waals surface area contributed by atoms with Crippen LogP contribution in [0.3, 0.4) is 0 Å². The molecule has 0 atom stereocenters. The second-order valence-electron chi connectivity index (χ2n) is 7.23. The van der Waals surface area contributed by atoms with Crippen LogP contribution < -0.4 is 5.73 Å². The maximum Gasteiger partial charge on any atom is 0.190 e. The van der Waals surface area contributed by atoms with Gasteiger partial charge in [0.2, 0.25) is 0 Å². The van der Waals surface area contributed by atoms with Crippen molar-refractivity contribution in [3.63, 3.8) is 0 Å². The molecule has 0 fully saturated rings. The molecule has 0 aliphatic heterocycles. The number of nitrogens with two attached hydrogens (primary N) is 1. The van der Waals surface area contributed by atoms with Crippen LogP contribution in [0, 0.1) is 11.6 Å². The minimum Gasteiger partial charge on any atom is -0.383 e. The number of hydrogen-bond donors (Lipinski definition) is 1. The van der Waals surface area contributed by atoms with E-state index in [0.717, 1.165) is 28.4 Å². The van der Waals surface area contributed by atoms with Crippen molar-refractivity contribution >= 4 is 17.4 Å². The van der Waals surface area contributed by atoms with Crippen LogP contribution in [0.2, 0.25) is 5.02 Å². The van der Waals surface area contributed by atoms with Gasteiger partial charge >= 0.3 is 0 Å². The third-order valence-corrected chi connectivity index (χ3v) is 4.99. The number of hydrogen-bond acceptors (Lipinski definition) is 6. The van der Waals surface area contributed by atoms with Gasteiger partial charge in [-0.15, -0.1) is 5.10 Å². The predicted molar refractivity (Wildman–Crippen MR) is 115 cm³/mol. The molecule has 4 rings (SSSR count). The van der Waals surface area contributed by atoms with Crippen molar-refractivity contribution in [3.05, 3.63) is 70.9 Å². The van der Waals surface area contributed by atoms with E-state index in [4.69, 9.17) is 17.3 Å². The van der Waals surface area contributed by atoms with Gasteiger partial charge in [-0.05, 0) is 41.7 Å². The van der Waals surface area contributed by atoms with E-state index in [1.165, 1.54) is 5.56 Å². The van der Waals surface area contributed by atoms with Gasteiger partial charge in [-0.3, -0.25) is 0 Å². The Labute approximate surface area is 182 Å². The maximum absolute atomic E-state index is 13.9. The first-order chi connectivity index (χ1) is 14.8. The first-order valence-electron chi connectivity index (χ1n) is 9.26. The Morgan fingerprint density at radius 2 is 1.81 bits per heavy atom. The quantitative estimate of drug-likeness (QED) is 0.472. The smallest absolute Gasteiger partial charge is 0.190 e. The number of pyridine rings is 1. The van der Waals surface area contributed by atoms with Gasteiger partial charge in [0.15, 0.2) is 5.82 Å². The summed E-state index contributed by atoms with van der Waals surface area (Å²) in [5, 5.41) is 11.1. The zero-order valence-corrected chi connectivity index (χ0v) is 17.5. The Balaban J connectivity index is 1.77. The molecule has 0 saturated carbocycles. The molecule has 10 heteroatoms. The fraction of sp³-hybridized carbons (Fsp3) is 0.143. The molecule has 0 radical (unpaired) electrons. The largest absolute Gasteiger partial charge is 0.383 e. The van der Waals surface area contributed by atoms with E-state index in [1.807, 2.05) is 38.4 Å². The molecule has 0 amide bonds. The molecule has 2 aromatic heterocycles. The normalized spacial score (nSPS) is 11.3. The predicted octanol–water partition coefficient (Wildman–Crippen LogP) is 3.97. The zero-order valence-electron chi connectivity index (χ0n) is 16.7. The van der Waals surface area contributed by atoms with Gasteiger partial charge in [-0.25, -0.2) is 13.8 Å². The van der Waals surface area contributed by atoms with Crippen LogP contribution in [-0.4, -0.2) is 44.2 Å². The molecular formula is C21H18ClF2N7. The fourth-order valence-corrected chi connectivity index (χ4v) is 3.38. The van der Waals surface area contributed by atoms with Crippen LogP contribution in [0.25, 0.3) is 28.2 Å². The Kier molecular flexibility index (Phi) is 5.62. The molecule has 0 saturated heterocycles. The van der Waals surface area contributed by atoms with E-state index in [1.54, 1.807) is 12.3 Å². The third kappa shape index (κ3) is 4.23. The number of halogens is 3. The Bertz CT molecular complexity index is 1240. The molecule has 0 aliphatic rings. The van der Waals surface area contributed by atoms with Crippen molar-refractivity contribution in [2.75, 3.05) is 19.8 Å². The SMILES string of the molecule is CN(C)Cc1ccc(-c2cnc(N)c(-c3nnnn3-c3cc(F)cc(F)c3Cl)c2)cc1. The summed E-state index contributed by atoms with van der Waals surface area (Å²) in [7, 11) is 4.01. The summed E-state index contributed by atoms with van der Waals surface area (Å²) in [6, 6.07) is 11.5. The summed E-state index contributed by atoms with van der Waals surface area (Å²) in [5.74, 6) is -1.41. The van der Waals surface area contributed by atoms with Gasteiger partial charge in [0, 0.05) is 30.4 Å². The third-order valence-electron chi connectivity index (χ3n) is 4.62. The summed E-state index contributed by atoms with van der Waals surface area (Å²) in [5.41, 5.74) is 9.31. The number of aromatic nitrogens is 5. The topological polar surface area (TPSA) is 85.8 Å². The first kappa shape index (κ1) is 20.8. The van der Waals surface area contributed by atoms with Gasteiger partial charge in [0.25, 0.3) is 0 Å². The highest BCUT2D eigenvalue weighted by atomic mass is 35.5. The molecule has 7 nitrogen and oxygen atoms in total. The zero-order chi connectivity index (χ0) is 22.1. The second kappa shape index (κ2) is 8.37. The molecule has 2 N–H and O–H groups in total. The van der Waals surface area contributed by atoms with Crippen molar-refractivity contribution in [1.29, 1.82) is 0 Å². The maximum atomic E-state index is 13.9. The second-order valence-corrected chi connectivity index (χ2v) is 7.60. The lowest BCUT2D eigenvalue weighted by Crippen LogP contribution is -2.10. The summed E-state index contributed by atoms with van der Waals surface area (Å²) in [6.45, 7) is 0.825. The molecule has 0 unspecified atom stereocenters. The van der Waals surface area contributed by atoms with Crippen molar-refractivity contribution in [2.24, 2.45) is 0 Å². The van der Waals surface area contributed by atoms with Gasteiger partial charge in [-0.2, -0.15) is 4.68 Å². The minimum atomic E-state index is -0.921. The number of rotatable bonds is 5. The summed E-state index contributed by atoms with van der Waals surface area (Å²) < 4.78 is 28.9. The average molecular weight is 442 g/mol. The van der Waals surface area contributed by atoms with E-state index in [9.17, 15) is 8.78 Å². The summed E-state index contributed by atoms with van der Waals surface area (Å²) in [6.07, 6.45) is 1.64. The van der Waals surface area contributed by atoms with E-state index >= 15 is 0 Å². The number of nitrogen functional groups attached to an aromatic ring is 1. The highest BCUT2D eigenvalue weighted by Gasteiger charge is 2.20. The summed E-state index contributed by atoms with van der Waals surface area (Å²) >= 11 is 6.03. The molecular weight excluding hydrogens is 424 g/mol. The Hall–Kier alpha value is -3.43. The first-order valence-corrected chi connectivity index (χ1v) is 9.64. The highest BCUT2D eigenvalue weighted by molar-refractivity contribution is 6.32. The number of tetrazole rings is 1. The highest BCUT2D eigenvalue weighted by Crippen LogP contribution is 2.32. The van der Waals surface area contributed by atoms with Crippen molar-refractivity contribution in [1.82, 2.24) is 30.1 Å². The van der Waals surface area contributed by atoms with E-state index in [0.29, 0.717) is 11.6 Å². The van der Waals surface area contributed by atoms with Crippen molar-refractivity contribution < 1.29 is 8.78 Å². The minimum absolute atomic E-state index is 0.0444. The Morgan fingerprint density at radius 3 is 2.52 bits per heavy atom. The summed E-state index contributed by atoms with van der Waals surface area (Å²) in [4.78, 5) is 6.34. The van der Waals surface area contributed by atoms with Crippen LogP contribution in [0.1, 0.15) is 5.56 Å². The number of anilines is 1.